The number of imidazole rings is 1. The Labute approximate surface area is 112 Å². The molecule has 1 saturated carbocycles. The predicted molar refractivity (Wildman–Crippen MR) is 75.7 cm³/mol. The van der Waals surface area contributed by atoms with Crippen molar-refractivity contribution in [3.8, 4) is 0 Å². The van der Waals surface area contributed by atoms with Gasteiger partial charge in [-0.15, -0.1) is 0 Å². The molecule has 1 fully saturated rings. The fourth-order valence-electron chi connectivity index (χ4n) is 2.97. The highest BCUT2D eigenvalue weighted by atomic mass is 16.4. The van der Waals surface area contributed by atoms with E-state index in [4.69, 9.17) is 0 Å². The van der Waals surface area contributed by atoms with E-state index in [1.54, 1.807) is 0 Å². The Morgan fingerprint density at radius 3 is 2.89 bits per heavy atom. The van der Waals surface area contributed by atoms with Crippen molar-refractivity contribution >= 4 is 16.7 Å². The monoisotopic (exact) mass is 257 g/mol. The molecule has 0 aliphatic heterocycles. The van der Waals surface area contributed by atoms with Crippen molar-refractivity contribution in [2.45, 2.75) is 44.6 Å². The summed E-state index contributed by atoms with van der Waals surface area (Å²) in [6.45, 7) is 0. The number of hydrogen-bond acceptors (Lipinski definition) is 3. The molecule has 0 saturated heterocycles. The lowest BCUT2D eigenvalue weighted by Crippen LogP contribution is -2.20. The molecule has 1 aromatic heterocycles. The Hall–Kier alpha value is -1.84. The second-order valence-corrected chi connectivity index (χ2v) is 5.20. The molecule has 1 aliphatic carbocycles. The number of rotatable bonds is 1. The zero-order valence-electron chi connectivity index (χ0n) is 11.0. The Kier molecular flexibility index (Phi) is 3.49. The van der Waals surface area contributed by atoms with Crippen molar-refractivity contribution in [2.75, 3.05) is 0 Å². The summed E-state index contributed by atoms with van der Waals surface area (Å²) in [5, 5.41) is 12.9. The highest BCUT2D eigenvalue weighted by Gasteiger charge is 2.21. The van der Waals surface area contributed by atoms with Gasteiger partial charge >= 0.3 is 0 Å². The SMILES string of the molecule is ON=C1CCCCCCC1n1cnc2ccccc21. The van der Waals surface area contributed by atoms with Gasteiger partial charge in [-0.05, 0) is 31.4 Å². The number of nitrogens with zero attached hydrogens (tertiary/aromatic N) is 3. The van der Waals surface area contributed by atoms with Gasteiger partial charge in [0.1, 0.15) is 0 Å². The van der Waals surface area contributed by atoms with E-state index in [0.717, 1.165) is 36.0 Å². The van der Waals surface area contributed by atoms with Crippen molar-refractivity contribution in [1.82, 2.24) is 9.55 Å². The molecule has 1 atom stereocenters. The summed E-state index contributed by atoms with van der Waals surface area (Å²) >= 11 is 0. The lowest BCUT2D eigenvalue weighted by Gasteiger charge is -2.22. The van der Waals surface area contributed by atoms with Gasteiger partial charge in [0.2, 0.25) is 0 Å². The lowest BCUT2D eigenvalue weighted by molar-refractivity contribution is 0.310. The number of aromatic nitrogens is 2. The molecule has 100 valence electrons. The van der Waals surface area contributed by atoms with E-state index >= 15 is 0 Å². The van der Waals surface area contributed by atoms with Crippen LogP contribution in [0, 0.1) is 0 Å². The van der Waals surface area contributed by atoms with Crippen molar-refractivity contribution in [3.63, 3.8) is 0 Å². The molecule has 1 unspecified atom stereocenters. The molecule has 0 radical (unpaired) electrons. The molecule has 4 nitrogen and oxygen atoms in total. The summed E-state index contributed by atoms with van der Waals surface area (Å²) < 4.78 is 2.16. The van der Waals surface area contributed by atoms with E-state index in [9.17, 15) is 5.21 Å². The van der Waals surface area contributed by atoms with Gasteiger partial charge in [-0.1, -0.05) is 36.6 Å². The fourth-order valence-corrected chi connectivity index (χ4v) is 2.97. The first-order valence-corrected chi connectivity index (χ1v) is 7.02. The van der Waals surface area contributed by atoms with Gasteiger partial charge in [0.15, 0.2) is 0 Å². The van der Waals surface area contributed by atoms with Crippen molar-refractivity contribution in [2.24, 2.45) is 5.16 Å². The maximum Gasteiger partial charge on any atom is 0.0964 e. The zero-order chi connectivity index (χ0) is 13.1. The van der Waals surface area contributed by atoms with Crippen LogP contribution in [0.15, 0.2) is 35.7 Å². The summed E-state index contributed by atoms with van der Waals surface area (Å²) in [6.07, 6.45) is 8.58. The molecule has 3 rings (SSSR count). The maximum atomic E-state index is 9.30. The lowest BCUT2D eigenvalue weighted by atomic mass is 9.94. The van der Waals surface area contributed by atoms with E-state index in [0.29, 0.717) is 0 Å². The van der Waals surface area contributed by atoms with Crippen LogP contribution < -0.4 is 0 Å². The first-order chi connectivity index (χ1) is 9.40. The van der Waals surface area contributed by atoms with Crippen LogP contribution in [0.4, 0.5) is 0 Å². The molecule has 19 heavy (non-hydrogen) atoms. The Balaban J connectivity index is 2.01. The van der Waals surface area contributed by atoms with Crippen LogP contribution in [0.3, 0.4) is 0 Å². The molecule has 1 N–H and O–H groups in total. The molecular formula is C15H19N3O. The average Bonchev–Trinajstić information content (AvgIpc) is 2.83. The number of fused-ring (bicyclic) bond motifs is 1. The minimum Gasteiger partial charge on any atom is -0.411 e. The van der Waals surface area contributed by atoms with Gasteiger partial charge in [-0.25, -0.2) is 4.98 Å². The van der Waals surface area contributed by atoms with Gasteiger partial charge < -0.3 is 9.77 Å². The quantitative estimate of drug-likeness (QED) is 0.624. The summed E-state index contributed by atoms with van der Waals surface area (Å²) in [6, 6.07) is 8.27. The molecule has 1 aliphatic rings. The summed E-state index contributed by atoms with van der Waals surface area (Å²) in [4.78, 5) is 4.44. The second-order valence-electron chi connectivity index (χ2n) is 5.20. The van der Waals surface area contributed by atoms with Crippen LogP contribution >= 0.6 is 0 Å². The Morgan fingerprint density at radius 1 is 1.16 bits per heavy atom. The van der Waals surface area contributed by atoms with E-state index < -0.39 is 0 Å². The summed E-state index contributed by atoms with van der Waals surface area (Å²) in [7, 11) is 0. The number of hydrogen-bond donors (Lipinski definition) is 1. The zero-order valence-corrected chi connectivity index (χ0v) is 11.0. The normalized spacial score (nSPS) is 23.4. The molecule has 0 spiro atoms. The third kappa shape index (κ3) is 2.35. The molecule has 1 heterocycles. The van der Waals surface area contributed by atoms with Crippen molar-refractivity contribution < 1.29 is 5.21 Å². The Bertz CT molecular complexity index is 588. The molecule has 0 amide bonds. The topological polar surface area (TPSA) is 50.4 Å². The first-order valence-electron chi connectivity index (χ1n) is 7.02. The average molecular weight is 257 g/mol. The van der Waals surface area contributed by atoms with Crippen molar-refractivity contribution in [1.29, 1.82) is 0 Å². The number of benzene rings is 1. The van der Waals surface area contributed by atoms with Crippen LogP contribution in [0.2, 0.25) is 0 Å². The standard InChI is InChI=1S/C15H19N3O/c19-17-13-8-3-1-2-4-9-15(13)18-11-16-12-7-5-6-10-14(12)18/h5-7,10-11,15,19H,1-4,8-9H2. The smallest absolute Gasteiger partial charge is 0.0964 e. The van der Waals surface area contributed by atoms with Crippen LogP contribution in [0.1, 0.15) is 44.6 Å². The van der Waals surface area contributed by atoms with E-state index in [2.05, 4.69) is 20.8 Å². The van der Waals surface area contributed by atoms with E-state index in [-0.39, 0.29) is 6.04 Å². The molecule has 1 aromatic carbocycles. The summed E-state index contributed by atoms with van der Waals surface area (Å²) in [5.74, 6) is 0. The molecule has 0 bridgehead atoms. The first kappa shape index (κ1) is 12.2. The highest BCUT2D eigenvalue weighted by Crippen LogP contribution is 2.27. The molecule has 2 aromatic rings. The van der Waals surface area contributed by atoms with E-state index in [1.165, 1.54) is 19.3 Å². The van der Waals surface area contributed by atoms with Gasteiger partial charge in [0.25, 0.3) is 0 Å². The number of oxime groups is 1. The number of para-hydroxylation sites is 2. The third-order valence-electron chi connectivity index (χ3n) is 3.99. The van der Waals surface area contributed by atoms with Crippen LogP contribution in [0.25, 0.3) is 11.0 Å². The minimum absolute atomic E-state index is 0.151. The predicted octanol–water partition coefficient (Wildman–Crippen LogP) is 3.76. The fraction of sp³-hybridized carbons (Fsp3) is 0.467. The second kappa shape index (κ2) is 5.43. The van der Waals surface area contributed by atoms with Crippen LogP contribution in [-0.4, -0.2) is 20.5 Å². The Morgan fingerprint density at radius 2 is 2.00 bits per heavy atom. The molecule has 4 heteroatoms. The van der Waals surface area contributed by atoms with Crippen LogP contribution in [-0.2, 0) is 0 Å². The third-order valence-corrected chi connectivity index (χ3v) is 3.99. The maximum absolute atomic E-state index is 9.30. The molecular weight excluding hydrogens is 238 g/mol. The van der Waals surface area contributed by atoms with Crippen LogP contribution in [0.5, 0.6) is 0 Å². The summed E-state index contributed by atoms with van der Waals surface area (Å²) in [5.41, 5.74) is 3.01. The van der Waals surface area contributed by atoms with Crippen molar-refractivity contribution in [3.05, 3.63) is 30.6 Å². The van der Waals surface area contributed by atoms with Gasteiger partial charge in [-0.2, -0.15) is 0 Å². The largest absolute Gasteiger partial charge is 0.411 e. The minimum atomic E-state index is 0.151. The highest BCUT2D eigenvalue weighted by molar-refractivity contribution is 5.89. The van der Waals surface area contributed by atoms with Gasteiger partial charge in [-0.3, -0.25) is 0 Å². The van der Waals surface area contributed by atoms with Gasteiger partial charge in [0.05, 0.1) is 29.1 Å². The van der Waals surface area contributed by atoms with Gasteiger partial charge in [0, 0.05) is 0 Å². The van der Waals surface area contributed by atoms with E-state index in [1.807, 2.05) is 24.5 Å².